The standard InChI is InChI=1S/C12H9BrN2/c13-11-7-8-4-5-10-9(12(8)15-11)3-1-2-6-14-10/h1-7,14-15H. The highest BCUT2D eigenvalue weighted by Gasteiger charge is 2.07. The van der Waals surface area contributed by atoms with Crippen LogP contribution in [0.4, 0.5) is 5.69 Å². The van der Waals surface area contributed by atoms with Gasteiger partial charge in [-0.3, -0.25) is 0 Å². The second kappa shape index (κ2) is 3.28. The van der Waals surface area contributed by atoms with E-state index in [0.29, 0.717) is 0 Å². The van der Waals surface area contributed by atoms with Gasteiger partial charge in [0.15, 0.2) is 0 Å². The van der Waals surface area contributed by atoms with E-state index in [4.69, 9.17) is 0 Å². The smallest absolute Gasteiger partial charge is 0.0831 e. The van der Waals surface area contributed by atoms with Crippen molar-refractivity contribution in [1.82, 2.24) is 4.98 Å². The van der Waals surface area contributed by atoms with Crippen molar-refractivity contribution in [3.8, 4) is 0 Å². The Morgan fingerprint density at radius 1 is 1.13 bits per heavy atom. The predicted molar refractivity (Wildman–Crippen MR) is 67.8 cm³/mol. The maximum absolute atomic E-state index is 3.46. The monoisotopic (exact) mass is 260 g/mol. The summed E-state index contributed by atoms with van der Waals surface area (Å²) in [6, 6.07) is 6.29. The van der Waals surface area contributed by atoms with Crippen LogP contribution < -0.4 is 5.32 Å². The highest BCUT2D eigenvalue weighted by atomic mass is 79.9. The first kappa shape index (κ1) is 8.80. The number of aromatic amines is 1. The number of anilines is 1. The second-order valence-electron chi connectivity index (χ2n) is 3.47. The van der Waals surface area contributed by atoms with Crippen LogP contribution in [0.25, 0.3) is 17.0 Å². The zero-order valence-corrected chi connectivity index (χ0v) is 9.51. The summed E-state index contributed by atoms with van der Waals surface area (Å²) in [5, 5.41) is 4.46. The lowest BCUT2D eigenvalue weighted by Gasteiger charge is -2.05. The van der Waals surface area contributed by atoms with Crippen LogP contribution in [0.2, 0.25) is 0 Å². The van der Waals surface area contributed by atoms with Crippen LogP contribution in [0.5, 0.6) is 0 Å². The summed E-state index contributed by atoms with van der Waals surface area (Å²) >= 11 is 3.46. The molecule has 2 aromatic rings. The maximum Gasteiger partial charge on any atom is 0.0831 e. The van der Waals surface area contributed by atoms with Gasteiger partial charge < -0.3 is 10.3 Å². The molecule has 0 atom stereocenters. The third-order valence-corrected chi connectivity index (χ3v) is 2.94. The third kappa shape index (κ3) is 1.39. The van der Waals surface area contributed by atoms with E-state index in [9.17, 15) is 0 Å². The van der Waals surface area contributed by atoms with E-state index in [0.717, 1.165) is 15.8 Å². The summed E-state index contributed by atoms with van der Waals surface area (Å²) < 4.78 is 1.01. The summed E-state index contributed by atoms with van der Waals surface area (Å²) in [6.07, 6.45) is 8.07. The topological polar surface area (TPSA) is 27.8 Å². The average molecular weight is 261 g/mol. The lowest BCUT2D eigenvalue weighted by atomic mass is 10.1. The van der Waals surface area contributed by atoms with E-state index in [-0.39, 0.29) is 0 Å². The Hall–Kier alpha value is -1.48. The molecule has 0 fully saturated rings. The van der Waals surface area contributed by atoms with Crippen LogP contribution >= 0.6 is 15.9 Å². The number of nitrogens with one attached hydrogen (secondary N) is 2. The molecule has 74 valence electrons. The molecule has 3 rings (SSSR count). The Kier molecular flexibility index (Phi) is 1.92. The average Bonchev–Trinajstić information content (AvgIpc) is 2.48. The molecule has 1 aliphatic heterocycles. The first-order valence-corrected chi connectivity index (χ1v) is 5.55. The Morgan fingerprint density at radius 3 is 3.00 bits per heavy atom. The van der Waals surface area contributed by atoms with Crippen molar-refractivity contribution >= 4 is 38.6 Å². The lowest BCUT2D eigenvalue weighted by Crippen LogP contribution is -1.89. The number of hydrogen-bond donors (Lipinski definition) is 2. The molecular formula is C12H9BrN2. The van der Waals surface area contributed by atoms with Gasteiger partial charge in [0, 0.05) is 22.8 Å². The minimum atomic E-state index is 1.01. The van der Waals surface area contributed by atoms with Crippen LogP contribution in [0.1, 0.15) is 5.56 Å². The van der Waals surface area contributed by atoms with Crippen LogP contribution in [-0.4, -0.2) is 4.98 Å². The fraction of sp³-hybridized carbons (Fsp3) is 0. The molecule has 2 nitrogen and oxygen atoms in total. The molecule has 2 N–H and O–H groups in total. The first-order chi connectivity index (χ1) is 7.34. The van der Waals surface area contributed by atoms with Crippen molar-refractivity contribution in [2.45, 2.75) is 0 Å². The van der Waals surface area contributed by atoms with Crippen molar-refractivity contribution in [1.29, 1.82) is 0 Å². The van der Waals surface area contributed by atoms with Crippen LogP contribution in [-0.2, 0) is 0 Å². The molecule has 15 heavy (non-hydrogen) atoms. The zero-order valence-electron chi connectivity index (χ0n) is 7.92. The quantitative estimate of drug-likeness (QED) is 0.739. The van der Waals surface area contributed by atoms with Gasteiger partial charge >= 0.3 is 0 Å². The summed E-state index contributed by atoms with van der Waals surface area (Å²) in [4.78, 5) is 3.31. The van der Waals surface area contributed by atoms with Gasteiger partial charge in [-0.1, -0.05) is 18.2 Å². The molecule has 1 aromatic heterocycles. The lowest BCUT2D eigenvalue weighted by molar-refractivity contribution is 1.41. The third-order valence-electron chi connectivity index (χ3n) is 2.51. The summed E-state index contributed by atoms with van der Waals surface area (Å²) in [5.41, 5.74) is 3.48. The molecule has 0 bridgehead atoms. The van der Waals surface area contributed by atoms with Crippen molar-refractivity contribution in [3.05, 3.63) is 46.7 Å². The molecule has 3 heteroatoms. The van der Waals surface area contributed by atoms with Gasteiger partial charge in [0.2, 0.25) is 0 Å². The number of allylic oxidation sites excluding steroid dienone is 2. The van der Waals surface area contributed by atoms with E-state index >= 15 is 0 Å². The molecule has 0 amide bonds. The molecule has 0 spiro atoms. The molecule has 1 aromatic carbocycles. The van der Waals surface area contributed by atoms with Gasteiger partial charge in [-0.25, -0.2) is 0 Å². The van der Waals surface area contributed by atoms with Crippen LogP contribution in [0.3, 0.4) is 0 Å². The Bertz CT molecular complexity index is 579. The van der Waals surface area contributed by atoms with Gasteiger partial charge in [0.05, 0.1) is 10.1 Å². The van der Waals surface area contributed by atoms with E-state index in [1.54, 1.807) is 0 Å². The van der Waals surface area contributed by atoms with Gasteiger partial charge in [-0.15, -0.1) is 0 Å². The number of fused-ring (bicyclic) bond motifs is 3. The summed E-state index contributed by atoms with van der Waals surface area (Å²) in [5.74, 6) is 0. The fourth-order valence-electron chi connectivity index (χ4n) is 1.83. The number of rotatable bonds is 0. The molecule has 0 radical (unpaired) electrons. The van der Waals surface area contributed by atoms with Gasteiger partial charge in [-0.2, -0.15) is 0 Å². The fourth-order valence-corrected chi connectivity index (χ4v) is 2.28. The van der Waals surface area contributed by atoms with E-state index in [1.807, 2.05) is 18.4 Å². The highest BCUT2D eigenvalue weighted by Crippen LogP contribution is 2.30. The van der Waals surface area contributed by atoms with E-state index in [2.05, 4.69) is 50.5 Å². The second-order valence-corrected chi connectivity index (χ2v) is 4.33. The van der Waals surface area contributed by atoms with Crippen LogP contribution in [0, 0.1) is 0 Å². The zero-order chi connectivity index (χ0) is 10.3. The number of aromatic nitrogens is 1. The molecule has 0 saturated heterocycles. The molecule has 0 aliphatic carbocycles. The number of H-pyrrole nitrogens is 1. The first-order valence-electron chi connectivity index (χ1n) is 4.75. The number of hydrogen-bond acceptors (Lipinski definition) is 1. The van der Waals surface area contributed by atoms with Crippen LogP contribution in [0.15, 0.2) is 41.2 Å². The predicted octanol–water partition coefficient (Wildman–Crippen LogP) is 3.88. The largest absolute Gasteiger partial charge is 0.361 e. The molecule has 1 aliphatic rings. The van der Waals surface area contributed by atoms with Gasteiger partial charge in [0.1, 0.15) is 0 Å². The normalized spacial score (nSPS) is 13.7. The van der Waals surface area contributed by atoms with Gasteiger partial charge in [-0.05, 0) is 34.1 Å². The summed E-state index contributed by atoms with van der Waals surface area (Å²) in [7, 11) is 0. The summed E-state index contributed by atoms with van der Waals surface area (Å²) in [6.45, 7) is 0. The van der Waals surface area contributed by atoms with Gasteiger partial charge in [0.25, 0.3) is 0 Å². The molecular weight excluding hydrogens is 252 g/mol. The SMILES string of the molecule is Brc1cc2ccc3c(c2[nH]1)C=CC=CN3. The van der Waals surface area contributed by atoms with Crippen molar-refractivity contribution in [2.75, 3.05) is 5.32 Å². The maximum atomic E-state index is 3.46. The van der Waals surface area contributed by atoms with Crippen molar-refractivity contribution < 1.29 is 0 Å². The minimum absolute atomic E-state index is 1.01. The highest BCUT2D eigenvalue weighted by molar-refractivity contribution is 9.10. The van der Waals surface area contributed by atoms with E-state index in [1.165, 1.54) is 10.9 Å². The Labute approximate surface area is 95.8 Å². The van der Waals surface area contributed by atoms with E-state index < -0.39 is 0 Å². The number of halogens is 1. The van der Waals surface area contributed by atoms with Crippen molar-refractivity contribution in [3.63, 3.8) is 0 Å². The number of benzene rings is 1. The molecule has 0 unspecified atom stereocenters. The Morgan fingerprint density at radius 2 is 2.07 bits per heavy atom. The Balaban J connectivity index is 2.37. The molecule has 2 heterocycles. The minimum Gasteiger partial charge on any atom is -0.361 e. The molecule has 0 saturated carbocycles. The van der Waals surface area contributed by atoms with Crippen molar-refractivity contribution in [2.24, 2.45) is 0 Å².